The molecule has 90 valence electrons. The normalized spacial score (nSPS) is 9.16. The minimum Gasteiger partial charge on any atom is -0.455 e. The van der Waals surface area contributed by atoms with Crippen LogP contribution in [0, 0.1) is 22.7 Å². The fourth-order valence-electron chi connectivity index (χ4n) is 1.56. The number of benzene rings is 2. The Balaban J connectivity index is 2.42. The van der Waals surface area contributed by atoms with E-state index in [9.17, 15) is 4.79 Å². The third-order valence-electron chi connectivity index (χ3n) is 2.49. The highest BCUT2D eigenvalue weighted by molar-refractivity contribution is 5.76. The Bertz CT molecular complexity index is 709. The Kier molecular flexibility index (Phi) is 3.56. The highest BCUT2D eigenvalue weighted by Gasteiger charge is 2.08. The average Bonchev–Trinajstić information content (AvgIpc) is 2.48. The van der Waals surface area contributed by atoms with Crippen molar-refractivity contribution in [2.75, 3.05) is 0 Å². The first kappa shape index (κ1) is 12.3. The van der Waals surface area contributed by atoms with Crippen LogP contribution in [0.15, 0.2) is 42.5 Å². The third-order valence-corrected chi connectivity index (χ3v) is 2.49. The predicted octanol–water partition coefficient (Wildman–Crippen LogP) is 3.03. The summed E-state index contributed by atoms with van der Waals surface area (Å²) in [5.74, 6) is 0.691. The van der Waals surface area contributed by atoms with Crippen LogP contribution in [0.4, 0.5) is 0 Å². The van der Waals surface area contributed by atoms with Crippen molar-refractivity contribution in [2.24, 2.45) is 0 Å². The fourth-order valence-corrected chi connectivity index (χ4v) is 1.56. The SMILES string of the molecule is N#Cc1ccccc1Oc1ccc(C=O)cc1C#N. The molecule has 2 aromatic carbocycles. The van der Waals surface area contributed by atoms with Crippen LogP contribution >= 0.6 is 0 Å². The molecule has 0 atom stereocenters. The first-order valence-corrected chi connectivity index (χ1v) is 5.45. The largest absolute Gasteiger partial charge is 0.455 e. The summed E-state index contributed by atoms with van der Waals surface area (Å²) in [6, 6.07) is 15.2. The van der Waals surface area contributed by atoms with Gasteiger partial charge in [-0.05, 0) is 30.3 Å². The van der Waals surface area contributed by atoms with E-state index in [2.05, 4.69) is 0 Å². The standard InChI is InChI=1S/C15H8N2O2/c16-8-12-3-1-2-4-14(12)19-15-6-5-11(10-18)7-13(15)9-17/h1-7,10H. The number of ether oxygens (including phenoxy) is 1. The Morgan fingerprint density at radius 1 is 0.947 bits per heavy atom. The van der Waals surface area contributed by atoms with Crippen LogP contribution in [-0.2, 0) is 0 Å². The van der Waals surface area contributed by atoms with Gasteiger partial charge in [-0.2, -0.15) is 10.5 Å². The summed E-state index contributed by atoms with van der Waals surface area (Å²) in [4.78, 5) is 10.7. The maximum atomic E-state index is 10.7. The van der Waals surface area contributed by atoms with E-state index in [-0.39, 0.29) is 5.56 Å². The van der Waals surface area contributed by atoms with Crippen LogP contribution in [0.5, 0.6) is 11.5 Å². The van der Waals surface area contributed by atoms with Gasteiger partial charge in [-0.15, -0.1) is 0 Å². The first-order valence-electron chi connectivity index (χ1n) is 5.45. The molecule has 0 heterocycles. The van der Waals surface area contributed by atoms with Gasteiger partial charge in [0, 0.05) is 5.56 Å². The van der Waals surface area contributed by atoms with Gasteiger partial charge in [-0.25, -0.2) is 0 Å². The lowest BCUT2D eigenvalue weighted by molar-refractivity contribution is 0.112. The summed E-state index contributed by atoms with van der Waals surface area (Å²) in [5, 5.41) is 18.0. The second-order valence-electron chi connectivity index (χ2n) is 3.70. The van der Waals surface area contributed by atoms with Crippen LogP contribution in [0.3, 0.4) is 0 Å². The quantitative estimate of drug-likeness (QED) is 0.782. The molecule has 0 amide bonds. The van der Waals surface area contributed by atoms with Gasteiger partial charge < -0.3 is 4.74 Å². The molecular formula is C15H8N2O2. The number of hydrogen-bond acceptors (Lipinski definition) is 4. The number of carbonyl (C=O) groups is 1. The number of nitrogens with zero attached hydrogens (tertiary/aromatic N) is 2. The van der Waals surface area contributed by atoms with Gasteiger partial charge in [0.25, 0.3) is 0 Å². The second kappa shape index (κ2) is 5.48. The molecule has 0 fully saturated rings. The first-order chi connectivity index (χ1) is 9.28. The highest BCUT2D eigenvalue weighted by Crippen LogP contribution is 2.27. The van der Waals surface area contributed by atoms with Gasteiger partial charge in [0.15, 0.2) is 0 Å². The Morgan fingerprint density at radius 3 is 2.32 bits per heavy atom. The summed E-state index contributed by atoms with van der Waals surface area (Å²) in [7, 11) is 0. The minimum absolute atomic E-state index is 0.248. The summed E-state index contributed by atoms with van der Waals surface area (Å²) in [6.45, 7) is 0. The van der Waals surface area contributed by atoms with E-state index in [1.54, 1.807) is 30.3 Å². The number of carbonyl (C=O) groups excluding carboxylic acids is 1. The van der Waals surface area contributed by atoms with E-state index >= 15 is 0 Å². The number of para-hydroxylation sites is 1. The van der Waals surface area contributed by atoms with Crippen molar-refractivity contribution in [1.82, 2.24) is 0 Å². The van der Waals surface area contributed by atoms with Crippen LogP contribution in [0.25, 0.3) is 0 Å². The van der Waals surface area contributed by atoms with Gasteiger partial charge in [0.2, 0.25) is 0 Å². The lowest BCUT2D eigenvalue weighted by Crippen LogP contribution is -1.92. The summed E-state index contributed by atoms with van der Waals surface area (Å²) < 4.78 is 5.56. The monoisotopic (exact) mass is 248 g/mol. The topological polar surface area (TPSA) is 73.9 Å². The van der Waals surface area contributed by atoms with Crippen molar-refractivity contribution >= 4 is 6.29 Å². The molecule has 0 radical (unpaired) electrons. The van der Waals surface area contributed by atoms with Gasteiger partial charge >= 0.3 is 0 Å². The molecule has 0 spiro atoms. The number of aldehydes is 1. The van der Waals surface area contributed by atoms with Gasteiger partial charge in [0.05, 0.1) is 11.1 Å². The molecule has 4 nitrogen and oxygen atoms in total. The molecular weight excluding hydrogens is 240 g/mol. The zero-order valence-electron chi connectivity index (χ0n) is 9.83. The molecule has 0 saturated heterocycles. The predicted molar refractivity (Wildman–Crippen MR) is 67.8 cm³/mol. The summed E-state index contributed by atoms with van der Waals surface area (Å²) >= 11 is 0. The van der Waals surface area contributed by atoms with Gasteiger partial charge in [0.1, 0.15) is 29.9 Å². The molecule has 19 heavy (non-hydrogen) atoms. The lowest BCUT2D eigenvalue weighted by Gasteiger charge is -2.08. The van der Waals surface area contributed by atoms with Crippen LogP contribution in [0.2, 0.25) is 0 Å². The number of nitriles is 2. The molecule has 2 rings (SSSR count). The Labute approximate surface area is 110 Å². The molecule has 0 N–H and O–H groups in total. The Morgan fingerprint density at radius 2 is 1.63 bits per heavy atom. The fraction of sp³-hybridized carbons (Fsp3) is 0. The van der Waals surface area contributed by atoms with E-state index in [0.717, 1.165) is 0 Å². The van der Waals surface area contributed by atoms with E-state index in [4.69, 9.17) is 15.3 Å². The average molecular weight is 248 g/mol. The number of rotatable bonds is 3. The second-order valence-corrected chi connectivity index (χ2v) is 3.70. The molecule has 2 aromatic rings. The maximum absolute atomic E-state index is 10.7. The van der Waals surface area contributed by atoms with E-state index in [1.807, 2.05) is 12.1 Å². The van der Waals surface area contributed by atoms with Crippen molar-refractivity contribution in [3.8, 4) is 23.6 Å². The van der Waals surface area contributed by atoms with E-state index in [1.165, 1.54) is 12.1 Å². The molecule has 0 bridgehead atoms. The van der Waals surface area contributed by atoms with Crippen LogP contribution in [-0.4, -0.2) is 6.29 Å². The van der Waals surface area contributed by atoms with Crippen molar-refractivity contribution < 1.29 is 9.53 Å². The molecule has 0 aliphatic rings. The van der Waals surface area contributed by atoms with Crippen molar-refractivity contribution in [1.29, 1.82) is 10.5 Å². The van der Waals surface area contributed by atoms with Crippen molar-refractivity contribution in [2.45, 2.75) is 0 Å². The molecule has 0 saturated carbocycles. The maximum Gasteiger partial charge on any atom is 0.150 e. The number of hydrogen-bond donors (Lipinski definition) is 0. The van der Waals surface area contributed by atoms with Crippen LogP contribution in [0.1, 0.15) is 21.5 Å². The van der Waals surface area contributed by atoms with E-state index < -0.39 is 0 Å². The zero-order valence-corrected chi connectivity index (χ0v) is 9.83. The van der Waals surface area contributed by atoms with Gasteiger partial charge in [-0.3, -0.25) is 4.79 Å². The third kappa shape index (κ3) is 2.59. The lowest BCUT2D eigenvalue weighted by atomic mass is 10.1. The molecule has 0 aliphatic carbocycles. The summed E-state index contributed by atoms with van der Waals surface area (Å²) in [5.41, 5.74) is 1.03. The van der Waals surface area contributed by atoms with E-state index in [0.29, 0.717) is 28.9 Å². The zero-order chi connectivity index (χ0) is 13.7. The van der Waals surface area contributed by atoms with Crippen molar-refractivity contribution in [3.05, 3.63) is 59.2 Å². The molecule has 4 heteroatoms. The highest BCUT2D eigenvalue weighted by atomic mass is 16.5. The van der Waals surface area contributed by atoms with Gasteiger partial charge in [-0.1, -0.05) is 12.1 Å². The van der Waals surface area contributed by atoms with Crippen molar-refractivity contribution in [3.63, 3.8) is 0 Å². The Hall–Kier alpha value is -3.11. The molecule has 0 aliphatic heterocycles. The molecule has 0 unspecified atom stereocenters. The molecule has 0 aromatic heterocycles. The smallest absolute Gasteiger partial charge is 0.150 e. The summed E-state index contributed by atoms with van der Waals surface area (Å²) in [6.07, 6.45) is 0.661. The minimum atomic E-state index is 0.248. The van der Waals surface area contributed by atoms with Crippen LogP contribution < -0.4 is 4.74 Å².